The second kappa shape index (κ2) is 6.95. The lowest BCUT2D eigenvalue weighted by atomic mass is 10.00. The van der Waals surface area contributed by atoms with E-state index in [9.17, 15) is 13.2 Å². The summed E-state index contributed by atoms with van der Waals surface area (Å²) in [4.78, 5) is 12.4. The maximum absolute atomic E-state index is 12.4. The molecule has 7 heteroatoms. The largest absolute Gasteiger partial charge is 0.361 e. The third kappa shape index (κ3) is 3.53. The molecule has 28 heavy (non-hydrogen) atoms. The Hall–Kier alpha value is -3.42. The maximum Gasteiger partial charge on any atom is 0.257 e. The van der Waals surface area contributed by atoms with Gasteiger partial charge >= 0.3 is 0 Å². The summed E-state index contributed by atoms with van der Waals surface area (Å²) in [7, 11) is -3.74. The van der Waals surface area contributed by atoms with Crippen LogP contribution in [0.4, 0.5) is 11.4 Å². The quantitative estimate of drug-likeness (QED) is 0.593. The van der Waals surface area contributed by atoms with Crippen LogP contribution < -0.4 is 15.8 Å². The number of anilines is 2. The predicted octanol–water partition coefficient (Wildman–Crippen LogP) is 3.41. The summed E-state index contributed by atoms with van der Waals surface area (Å²) < 4.78 is 22.7. The van der Waals surface area contributed by atoms with Crippen molar-refractivity contribution < 1.29 is 13.2 Å². The van der Waals surface area contributed by atoms with Gasteiger partial charge < -0.3 is 10.6 Å². The Kier molecular flexibility index (Phi) is 4.46. The van der Waals surface area contributed by atoms with Crippen molar-refractivity contribution in [2.45, 2.75) is 4.90 Å². The zero-order valence-corrected chi connectivity index (χ0v) is 15.5. The standard InChI is InChI=1S/C21H17N3O3S/c22-28(26,27)17-9-7-16(8-10-17)23-13-19-18-12-15(14-4-2-1-3-5-14)6-11-20(18)24-21(19)25/h1-13,23H,(H,24,25)(H2,22,26,27)/b19-13-. The van der Waals surface area contributed by atoms with Crippen LogP contribution in [0.15, 0.2) is 83.9 Å². The van der Waals surface area contributed by atoms with E-state index in [1.54, 1.807) is 18.3 Å². The first-order valence-electron chi connectivity index (χ1n) is 8.52. The van der Waals surface area contributed by atoms with E-state index in [4.69, 9.17) is 5.14 Å². The van der Waals surface area contributed by atoms with E-state index in [0.717, 1.165) is 22.4 Å². The van der Waals surface area contributed by atoms with Crippen molar-refractivity contribution in [3.8, 4) is 11.1 Å². The van der Waals surface area contributed by atoms with Gasteiger partial charge in [-0.25, -0.2) is 13.6 Å². The highest BCUT2D eigenvalue weighted by atomic mass is 32.2. The molecule has 3 aromatic rings. The summed E-state index contributed by atoms with van der Waals surface area (Å²) in [6.07, 6.45) is 1.61. The summed E-state index contributed by atoms with van der Waals surface area (Å²) in [5.74, 6) is -0.200. The van der Waals surface area contributed by atoms with Crippen molar-refractivity contribution in [2.75, 3.05) is 10.6 Å². The minimum absolute atomic E-state index is 0.0298. The molecule has 0 saturated heterocycles. The van der Waals surface area contributed by atoms with Gasteiger partial charge in [0.15, 0.2) is 0 Å². The first kappa shape index (κ1) is 18.0. The average Bonchev–Trinajstić information content (AvgIpc) is 3.01. The number of carbonyl (C=O) groups is 1. The SMILES string of the molecule is NS(=O)(=O)c1ccc(N/C=C2\C(=O)Nc3ccc(-c4ccccc4)cc32)cc1. The van der Waals surface area contributed by atoms with Gasteiger partial charge in [0.2, 0.25) is 10.0 Å². The molecule has 1 aliphatic heterocycles. The van der Waals surface area contributed by atoms with Gasteiger partial charge in [0, 0.05) is 23.1 Å². The van der Waals surface area contributed by atoms with Crippen molar-refractivity contribution in [1.29, 1.82) is 0 Å². The molecule has 0 bridgehead atoms. The highest BCUT2D eigenvalue weighted by molar-refractivity contribution is 7.89. The Morgan fingerprint density at radius 3 is 2.29 bits per heavy atom. The van der Waals surface area contributed by atoms with Crippen molar-refractivity contribution in [3.63, 3.8) is 0 Å². The van der Waals surface area contributed by atoms with E-state index >= 15 is 0 Å². The molecule has 3 aromatic carbocycles. The van der Waals surface area contributed by atoms with Gasteiger partial charge in [-0.15, -0.1) is 0 Å². The van der Waals surface area contributed by atoms with Gasteiger partial charge in [-0.05, 0) is 47.5 Å². The summed E-state index contributed by atoms with van der Waals surface area (Å²) >= 11 is 0. The molecular weight excluding hydrogens is 374 g/mol. The first-order chi connectivity index (χ1) is 13.4. The number of rotatable bonds is 4. The molecule has 0 aliphatic carbocycles. The van der Waals surface area contributed by atoms with Gasteiger partial charge in [-0.3, -0.25) is 4.79 Å². The van der Waals surface area contributed by atoms with E-state index in [1.807, 2.05) is 48.5 Å². The summed E-state index contributed by atoms with van der Waals surface area (Å²) in [6.45, 7) is 0. The normalized spacial score (nSPS) is 14.6. The molecule has 0 fully saturated rings. The molecule has 1 heterocycles. The molecule has 4 rings (SSSR count). The fraction of sp³-hybridized carbons (Fsp3) is 0. The Morgan fingerprint density at radius 1 is 0.893 bits per heavy atom. The lowest BCUT2D eigenvalue weighted by molar-refractivity contribution is -0.110. The van der Waals surface area contributed by atoms with Gasteiger partial charge in [0.05, 0.1) is 10.5 Å². The zero-order valence-electron chi connectivity index (χ0n) is 14.7. The maximum atomic E-state index is 12.4. The number of fused-ring (bicyclic) bond motifs is 1. The molecule has 140 valence electrons. The van der Waals surface area contributed by atoms with E-state index in [1.165, 1.54) is 12.1 Å². The molecular formula is C21H17N3O3S. The van der Waals surface area contributed by atoms with Crippen LogP contribution >= 0.6 is 0 Å². The Labute approximate surface area is 162 Å². The summed E-state index contributed by atoms with van der Waals surface area (Å²) in [6, 6.07) is 21.7. The third-order valence-electron chi connectivity index (χ3n) is 4.48. The van der Waals surface area contributed by atoms with Gasteiger partial charge in [-0.2, -0.15) is 0 Å². The van der Waals surface area contributed by atoms with Crippen molar-refractivity contribution >= 4 is 32.9 Å². The lowest BCUT2D eigenvalue weighted by Crippen LogP contribution is -2.11. The number of nitrogens with two attached hydrogens (primary N) is 1. The smallest absolute Gasteiger partial charge is 0.257 e. The molecule has 4 N–H and O–H groups in total. The number of carbonyl (C=O) groups excluding carboxylic acids is 1. The summed E-state index contributed by atoms with van der Waals surface area (Å²) in [5, 5.41) is 11.0. The van der Waals surface area contributed by atoms with Crippen molar-refractivity contribution in [1.82, 2.24) is 0 Å². The molecule has 0 unspecified atom stereocenters. The first-order valence-corrected chi connectivity index (χ1v) is 10.1. The molecule has 1 aliphatic rings. The van der Waals surface area contributed by atoms with E-state index in [2.05, 4.69) is 10.6 Å². The number of primary sulfonamides is 1. The highest BCUT2D eigenvalue weighted by Crippen LogP contribution is 2.35. The minimum Gasteiger partial charge on any atom is -0.361 e. The number of amides is 1. The van der Waals surface area contributed by atoms with E-state index < -0.39 is 10.0 Å². The molecule has 0 spiro atoms. The second-order valence-electron chi connectivity index (χ2n) is 6.35. The van der Waals surface area contributed by atoms with Crippen LogP contribution in [0.25, 0.3) is 16.7 Å². The highest BCUT2D eigenvalue weighted by Gasteiger charge is 2.24. The number of hydrogen-bond donors (Lipinski definition) is 3. The number of benzene rings is 3. The van der Waals surface area contributed by atoms with E-state index in [0.29, 0.717) is 11.3 Å². The Bertz CT molecular complexity index is 1190. The van der Waals surface area contributed by atoms with Gasteiger partial charge in [-0.1, -0.05) is 36.4 Å². The van der Waals surface area contributed by atoms with Crippen LogP contribution in [0, 0.1) is 0 Å². The van der Waals surface area contributed by atoms with Crippen LogP contribution in [0.3, 0.4) is 0 Å². The molecule has 0 atom stereocenters. The number of nitrogens with one attached hydrogen (secondary N) is 2. The fourth-order valence-electron chi connectivity index (χ4n) is 3.04. The van der Waals surface area contributed by atoms with E-state index in [-0.39, 0.29) is 10.8 Å². The molecule has 0 aromatic heterocycles. The van der Waals surface area contributed by atoms with Gasteiger partial charge in [0.25, 0.3) is 5.91 Å². The third-order valence-corrected chi connectivity index (χ3v) is 5.40. The van der Waals surface area contributed by atoms with Crippen LogP contribution in [-0.4, -0.2) is 14.3 Å². The lowest BCUT2D eigenvalue weighted by Gasteiger charge is -2.06. The predicted molar refractivity (Wildman–Crippen MR) is 110 cm³/mol. The molecule has 1 amide bonds. The Morgan fingerprint density at radius 2 is 1.61 bits per heavy atom. The zero-order chi connectivity index (χ0) is 19.7. The average molecular weight is 391 g/mol. The monoisotopic (exact) mass is 391 g/mol. The number of hydrogen-bond acceptors (Lipinski definition) is 4. The van der Waals surface area contributed by atoms with Crippen LogP contribution in [0.5, 0.6) is 0 Å². The van der Waals surface area contributed by atoms with Crippen LogP contribution in [-0.2, 0) is 14.8 Å². The summed E-state index contributed by atoms with van der Waals surface area (Å²) in [5.41, 5.74) is 4.78. The number of sulfonamides is 1. The van der Waals surface area contributed by atoms with Crippen molar-refractivity contribution in [2.24, 2.45) is 5.14 Å². The van der Waals surface area contributed by atoms with Crippen LogP contribution in [0.1, 0.15) is 5.56 Å². The fourth-order valence-corrected chi connectivity index (χ4v) is 3.55. The second-order valence-corrected chi connectivity index (χ2v) is 7.91. The topological polar surface area (TPSA) is 101 Å². The van der Waals surface area contributed by atoms with Crippen LogP contribution in [0.2, 0.25) is 0 Å². The minimum atomic E-state index is -3.74. The molecule has 6 nitrogen and oxygen atoms in total. The van der Waals surface area contributed by atoms with Gasteiger partial charge in [0.1, 0.15) is 0 Å². The Balaban J connectivity index is 1.63. The van der Waals surface area contributed by atoms with Crippen molar-refractivity contribution in [3.05, 3.63) is 84.6 Å². The molecule has 0 radical (unpaired) electrons. The molecule has 0 saturated carbocycles.